The zero-order valence-corrected chi connectivity index (χ0v) is 14.2. The Kier molecular flexibility index (Phi) is 5.18. The first-order chi connectivity index (χ1) is 11.3. The summed E-state index contributed by atoms with van der Waals surface area (Å²) in [6.07, 6.45) is 4.09. The van der Waals surface area contributed by atoms with Gasteiger partial charge >= 0.3 is 5.69 Å². The summed E-state index contributed by atoms with van der Waals surface area (Å²) >= 11 is 0. The molecule has 0 fully saturated rings. The molecular formula is C18H21N3O3. The number of anilines is 1. The SMILES string of the molecule is CC(C)c1ccc(NC(=O)/C=C/c2cn(C)c(=O)n(C)c2=O)cc1. The smallest absolute Gasteiger partial charge is 0.323 e. The normalized spacial score (nSPS) is 11.2. The topological polar surface area (TPSA) is 73.1 Å². The molecule has 0 atom stereocenters. The van der Waals surface area contributed by atoms with Gasteiger partial charge in [-0.25, -0.2) is 4.79 Å². The molecule has 2 rings (SSSR count). The van der Waals surface area contributed by atoms with Crippen molar-refractivity contribution in [1.29, 1.82) is 0 Å². The fourth-order valence-electron chi connectivity index (χ4n) is 2.25. The van der Waals surface area contributed by atoms with Gasteiger partial charge in [-0.3, -0.25) is 14.2 Å². The van der Waals surface area contributed by atoms with E-state index in [1.165, 1.54) is 35.5 Å². The highest BCUT2D eigenvalue weighted by Crippen LogP contribution is 2.17. The fourth-order valence-corrected chi connectivity index (χ4v) is 2.25. The van der Waals surface area contributed by atoms with Gasteiger partial charge in [-0.1, -0.05) is 26.0 Å². The molecule has 2 aromatic rings. The molecule has 0 saturated heterocycles. The van der Waals surface area contributed by atoms with E-state index in [0.717, 1.165) is 4.57 Å². The molecule has 1 aromatic carbocycles. The van der Waals surface area contributed by atoms with Crippen LogP contribution in [0, 0.1) is 0 Å². The van der Waals surface area contributed by atoms with Crippen molar-refractivity contribution in [3.05, 3.63) is 68.5 Å². The Hall–Kier alpha value is -2.89. The van der Waals surface area contributed by atoms with E-state index in [1.54, 1.807) is 7.05 Å². The number of hydrogen-bond acceptors (Lipinski definition) is 3. The number of nitrogens with one attached hydrogen (secondary N) is 1. The van der Waals surface area contributed by atoms with E-state index in [2.05, 4.69) is 19.2 Å². The van der Waals surface area contributed by atoms with Crippen LogP contribution in [0.15, 0.2) is 46.1 Å². The molecule has 0 aliphatic carbocycles. The van der Waals surface area contributed by atoms with Crippen LogP contribution in [-0.2, 0) is 18.9 Å². The molecule has 1 heterocycles. The van der Waals surface area contributed by atoms with Gasteiger partial charge in [0.15, 0.2) is 0 Å². The van der Waals surface area contributed by atoms with Gasteiger partial charge in [0.1, 0.15) is 0 Å². The van der Waals surface area contributed by atoms with Gasteiger partial charge in [0.05, 0.1) is 5.56 Å². The van der Waals surface area contributed by atoms with Gasteiger partial charge in [0, 0.05) is 32.1 Å². The first-order valence-electron chi connectivity index (χ1n) is 7.65. The number of aryl methyl sites for hydroxylation is 1. The largest absolute Gasteiger partial charge is 0.330 e. The fraction of sp³-hybridized carbons (Fsp3) is 0.278. The molecule has 0 bridgehead atoms. The number of benzene rings is 1. The summed E-state index contributed by atoms with van der Waals surface area (Å²) in [6.45, 7) is 4.20. The zero-order valence-electron chi connectivity index (χ0n) is 14.2. The van der Waals surface area contributed by atoms with E-state index in [-0.39, 0.29) is 11.5 Å². The quantitative estimate of drug-likeness (QED) is 0.871. The molecular weight excluding hydrogens is 306 g/mol. The number of aromatic nitrogens is 2. The summed E-state index contributed by atoms with van der Waals surface area (Å²) in [4.78, 5) is 35.6. The van der Waals surface area contributed by atoms with Crippen molar-refractivity contribution in [2.75, 3.05) is 5.32 Å². The predicted octanol–water partition coefficient (Wildman–Crippen LogP) is 1.86. The Morgan fingerprint density at radius 3 is 2.33 bits per heavy atom. The minimum absolute atomic E-state index is 0.268. The predicted molar refractivity (Wildman–Crippen MR) is 95.1 cm³/mol. The second-order valence-electron chi connectivity index (χ2n) is 5.94. The third kappa shape index (κ3) is 3.90. The molecule has 0 aliphatic rings. The van der Waals surface area contributed by atoms with Gasteiger partial charge in [0.2, 0.25) is 5.91 Å². The van der Waals surface area contributed by atoms with E-state index < -0.39 is 11.2 Å². The standard InChI is InChI=1S/C18H21N3O3/c1-12(2)13-5-8-15(9-6-13)19-16(22)10-7-14-11-20(3)18(24)21(4)17(14)23/h5-12H,1-4H3,(H,19,22)/b10-7+. The summed E-state index contributed by atoms with van der Waals surface area (Å²) in [5, 5.41) is 2.74. The minimum atomic E-state index is -0.441. The monoisotopic (exact) mass is 327 g/mol. The molecule has 1 amide bonds. The number of amides is 1. The molecule has 0 radical (unpaired) electrons. The van der Waals surface area contributed by atoms with E-state index >= 15 is 0 Å². The van der Waals surface area contributed by atoms with Crippen LogP contribution in [0.5, 0.6) is 0 Å². The molecule has 0 aliphatic heterocycles. The minimum Gasteiger partial charge on any atom is -0.323 e. The lowest BCUT2D eigenvalue weighted by Gasteiger charge is -2.07. The number of hydrogen-bond donors (Lipinski definition) is 1. The van der Waals surface area contributed by atoms with Crippen LogP contribution in [-0.4, -0.2) is 15.0 Å². The van der Waals surface area contributed by atoms with Gasteiger partial charge in [0.25, 0.3) is 5.56 Å². The summed E-state index contributed by atoms with van der Waals surface area (Å²) in [6, 6.07) is 7.61. The number of carbonyl (C=O) groups is 1. The lowest BCUT2D eigenvalue weighted by Crippen LogP contribution is -2.37. The number of rotatable bonds is 4. The highest BCUT2D eigenvalue weighted by Gasteiger charge is 2.05. The Bertz CT molecular complexity index is 887. The van der Waals surface area contributed by atoms with Crippen molar-refractivity contribution in [1.82, 2.24) is 9.13 Å². The average Bonchev–Trinajstić information content (AvgIpc) is 2.55. The first kappa shape index (κ1) is 17.5. The highest BCUT2D eigenvalue weighted by atomic mass is 16.2. The maximum atomic E-state index is 12.0. The first-order valence-corrected chi connectivity index (χ1v) is 7.65. The second-order valence-corrected chi connectivity index (χ2v) is 5.94. The second kappa shape index (κ2) is 7.12. The van der Waals surface area contributed by atoms with Crippen LogP contribution >= 0.6 is 0 Å². The van der Waals surface area contributed by atoms with Gasteiger partial charge in [-0.2, -0.15) is 0 Å². The molecule has 0 unspecified atom stereocenters. The molecule has 0 spiro atoms. The van der Waals surface area contributed by atoms with E-state index in [0.29, 0.717) is 11.6 Å². The van der Waals surface area contributed by atoms with Gasteiger partial charge in [-0.15, -0.1) is 0 Å². The van der Waals surface area contributed by atoms with Crippen LogP contribution in [0.25, 0.3) is 6.08 Å². The lowest BCUT2D eigenvalue weighted by molar-refractivity contribution is -0.111. The number of carbonyl (C=O) groups excluding carboxylic acids is 1. The molecule has 24 heavy (non-hydrogen) atoms. The zero-order chi connectivity index (χ0) is 17.9. The molecule has 6 heteroatoms. The van der Waals surface area contributed by atoms with Crippen LogP contribution in [0.2, 0.25) is 0 Å². The van der Waals surface area contributed by atoms with Crippen LogP contribution < -0.4 is 16.6 Å². The molecule has 0 saturated carbocycles. The highest BCUT2D eigenvalue weighted by molar-refractivity contribution is 6.01. The third-order valence-electron chi connectivity index (χ3n) is 3.73. The molecule has 6 nitrogen and oxygen atoms in total. The maximum absolute atomic E-state index is 12.0. The Morgan fingerprint density at radius 2 is 1.75 bits per heavy atom. The van der Waals surface area contributed by atoms with E-state index in [1.807, 2.05) is 24.3 Å². The Labute approximate surface area is 140 Å². The van der Waals surface area contributed by atoms with Gasteiger partial charge < -0.3 is 9.88 Å². The summed E-state index contributed by atoms with van der Waals surface area (Å²) in [5.41, 5.74) is 1.29. The van der Waals surface area contributed by atoms with Crippen molar-refractivity contribution in [2.45, 2.75) is 19.8 Å². The van der Waals surface area contributed by atoms with Crippen LogP contribution in [0.3, 0.4) is 0 Å². The Balaban J connectivity index is 2.14. The van der Waals surface area contributed by atoms with E-state index in [9.17, 15) is 14.4 Å². The average molecular weight is 327 g/mol. The Morgan fingerprint density at radius 1 is 1.12 bits per heavy atom. The lowest BCUT2D eigenvalue weighted by atomic mass is 10.0. The molecule has 1 N–H and O–H groups in total. The molecule has 126 valence electrons. The van der Waals surface area contributed by atoms with Crippen molar-refractivity contribution in [2.24, 2.45) is 14.1 Å². The van der Waals surface area contributed by atoms with E-state index in [4.69, 9.17) is 0 Å². The van der Waals surface area contributed by atoms with Crippen molar-refractivity contribution in [3.63, 3.8) is 0 Å². The molecule has 1 aromatic heterocycles. The summed E-state index contributed by atoms with van der Waals surface area (Å²) in [7, 11) is 2.95. The van der Waals surface area contributed by atoms with Crippen LogP contribution in [0.1, 0.15) is 30.9 Å². The number of nitrogens with zero attached hydrogens (tertiary/aromatic N) is 2. The van der Waals surface area contributed by atoms with Crippen LogP contribution in [0.4, 0.5) is 5.69 Å². The third-order valence-corrected chi connectivity index (χ3v) is 3.73. The van der Waals surface area contributed by atoms with Crippen molar-refractivity contribution in [3.8, 4) is 0 Å². The summed E-state index contributed by atoms with van der Waals surface area (Å²) in [5.74, 6) is 0.0822. The van der Waals surface area contributed by atoms with Gasteiger partial charge in [-0.05, 0) is 29.7 Å². The van der Waals surface area contributed by atoms with Crippen molar-refractivity contribution >= 4 is 17.7 Å². The van der Waals surface area contributed by atoms with Crippen molar-refractivity contribution < 1.29 is 4.79 Å². The maximum Gasteiger partial charge on any atom is 0.330 e. The summed E-state index contributed by atoms with van der Waals surface area (Å²) < 4.78 is 2.30.